The molecule has 210 valence electrons. The summed E-state index contributed by atoms with van der Waals surface area (Å²) in [4.78, 5) is 3.86. The van der Waals surface area contributed by atoms with Crippen molar-refractivity contribution in [3.63, 3.8) is 0 Å². The SMILES string of the molecule is CCCCCCC(F)COC1CCc2cc(-c3ccc(OCC4OC4CCCC)cc3)nc(F)c2C1(F)F. The summed E-state index contributed by atoms with van der Waals surface area (Å²) in [6.07, 6.45) is 4.98. The van der Waals surface area contributed by atoms with Gasteiger partial charge in [-0.05, 0) is 61.6 Å². The number of aryl methyl sites for hydroxylation is 1. The first-order valence-corrected chi connectivity index (χ1v) is 14.1. The van der Waals surface area contributed by atoms with Gasteiger partial charge in [-0.2, -0.15) is 13.2 Å². The summed E-state index contributed by atoms with van der Waals surface area (Å²) in [5, 5.41) is 0. The number of alkyl halides is 3. The second-order valence-corrected chi connectivity index (χ2v) is 10.5. The molecule has 4 nitrogen and oxygen atoms in total. The number of pyridine rings is 1. The van der Waals surface area contributed by atoms with Gasteiger partial charge in [0.1, 0.15) is 30.7 Å². The second-order valence-electron chi connectivity index (χ2n) is 10.5. The highest BCUT2D eigenvalue weighted by molar-refractivity contribution is 5.62. The lowest BCUT2D eigenvalue weighted by atomic mass is 9.86. The Hall–Kier alpha value is -2.19. The zero-order chi connectivity index (χ0) is 27.1. The molecule has 4 atom stereocenters. The molecule has 1 fully saturated rings. The molecule has 2 heterocycles. The van der Waals surface area contributed by atoms with E-state index in [9.17, 15) is 8.78 Å². The first-order chi connectivity index (χ1) is 18.3. The van der Waals surface area contributed by atoms with Crippen LogP contribution in [0.25, 0.3) is 11.3 Å². The van der Waals surface area contributed by atoms with Crippen LogP contribution in [0.4, 0.5) is 17.6 Å². The van der Waals surface area contributed by atoms with Gasteiger partial charge in [0.05, 0.1) is 24.0 Å². The molecule has 1 aromatic heterocycles. The van der Waals surface area contributed by atoms with E-state index in [1.807, 2.05) is 0 Å². The van der Waals surface area contributed by atoms with Crippen LogP contribution in [-0.4, -0.2) is 42.7 Å². The van der Waals surface area contributed by atoms with Crippen molar-refractivity contribution in [3.05, 3.63) is 47.4 Å². The zero-order valence-corrected chi connectivity index (χ0v) is 22.4. The molecule has 0 bridgehead atoms. The van der Waals surface area contributed by atoms with Gasteiger partial charge in [-0.15, -0.1) is 0 Å². The summed E-state index contributed by atoms with van der Waals surface area (Å²) in [6, 6.07) is 8.50. The molecular weight excluding hydrogens is 498 g/mol. The molecule has 0 radical (unpaired) electrons. The minimum atomic E-state index is -3.58. The molecule has 0 spiro atoms. The van der Waals surface area contributed by atoms with Gasteiger partial charge in [0.2, 0.25) is 5.95 Å². The summed E-state index contributed by atoms with van der Waals surface area (Å²) in [7, 11) is 0. The van der Waals surface area contributed by atoms with Gasteiger partial charge in [-0.1, -0.05) is 52.4 Å². The van der Waals surface area contributed by atoms with E-state index in [0.29, 0.717) is 24.3 Å². The number of benzene rings is 1. The van der Waals surface area contributed by atoms with Crippen molar-refractivity contribution < 1.29 is 31.8 Å². The van der Waals surface area contributed by atoms with Crippen LogP contribution < -0.4 is 4.74 Å². The predicted molar refractivity (Wildman–Crippen MR) is 139 cm³/mol. The molecule has 8 heteroatoms. The van der Waals surface area contributed by atoms with Gasteiger partial charge in [0.15, 0.2) is 0 Å². The molecule has 4 rings (SSSR count). The Morgan fingerprint density at radius 1 is 1.05 bits per heavy atom. The lowest BCUT2D eigenvalue weighted by Gasteiger charge is -2.33. The van der Waals surface area contributed by atoms with Crippen LogP contribution in [0.1, 0.15) is 82.8 Å². The molecule has 0 amide bonds. The Bertz CT molecular complexity index is 1030. The molecule has 1 saturated heterocycles. The van der Waals surface area contributed by atoms with E-state index in [0.717, 1.165) is 38.5 Å². The third-order valence-corrected chi connectivity index (χ3v) is 7.41. The lowest BCUT2D eigenvalue weighted by Crippen LogP contribution is -2.40. The van der Waals surface area contributed by atoms with Gasteiger partial charge in [0, 0.05) is 5.56 Å². The third kappa shape index (κ3) is 7.26. The van der Waals surface area contributed by atoms with E-state index in [1.54, 1.807) is 24.3 Å². The molecular formula is C30H39F4NO3. The topological polar surface area (TPSA) is 43.9 Å². The number of hydrogen-bond acceptors (Lipinski definition) is 4. The second kappa shape index (κ2) is 13.2. The van der Waals surface area contributed by atoms with Crippen molar-refractivity contribution in [3.8, 4) is 17.0 Å². The van der Waals surface area contributed by atoms with Crippen LogP contribution in [0.15, 0.2) is 30.3 Å². The van der Waals surface area contributed by atoms with Crippen LogP contribution in [0.3, 0.4) is 0 Å². The molecule has 0 saturated carbocycles. The summed E-state index contributed by atoms with van der Waals surface area (Å²) >= 11 is 0. The van der Waals surface area contributed by atoms with Crippen LogP contribution in [-0.2, 0) is 21.8 Å². The average molecular weight is 538 g/mol. The van der Waals surface area contributed by atoms with Crippen molar-refractivity contribution in [2.24, 2.45) is 0 Å². The van der Waals surface area contributed by atoms with E-state index in [2.05, 4.69) is 18.8 Å². The number of fused-ring (bicyclic) bond motifs is 1. The Kier molecular flexibility index (Phi) is 10.0. The highest BCUT2D eigenvalue weighted by atomic mass is 19.3. The number of unbranched alkanes of at least 4 members (excludes halogenated alkanes) is 4. The maximum absolute atomic E-state index is 15.2. The van der Waals surface area contributed by atoms with Crippen molar-refractivity contribution >= 4 is 0 Å². The number of hydrogen-bond donors (Lipinski definition) is 0. The normalized spacial score (nSPS) is 22.6. The van der Waals surface area contributed by atoms with Gasteiger partial charge in [-0.3, -0.25) is 0 Å². The van der Waals surface area contributed by atoms with Gasteiger partial charge >= 0.3 is 5.92 Å². The summed E-state index contributed by atoms with van der Waals surface area (Å²) < 4.78 is 76.3. The Balaban J connectivity index is 1.34. The molecule has 1 aliphatic carbocycles. The van der Waals surface area contributed by atoms with E-state index < -0.39 is 36.3 Å². The van der Waals surface area contributed by atoms with Crippen LogP contribution in [0.2, 0.25) is 0 Å². The zero-order valence-electron chi connectivity index (χ0n) is 22.4. The molecule has 0 N–H and O–H groups in total. The minimum absolute atomic E-state index is 0.0132. The van der Waals surface area contributed by atoms with Crippen molar-refractivity contribution in [2.75, 3.05) is 13.2 Å². The summed E-state index contributed by atoms with van der Waals surface area (Å²) in [6.45, 7) is 4.28. The van der Waals surface area contributed by atoms with Crippen LogP contribution in [0.5, 0.6) is 5.75 Å². The van der Waals surface area contributed by atoms with Crippen molar-refractivity contribution in [1.82, 2.24) is 4.98 Å². The fourth-order valence-corrected chi connectivity index (χ4v) is 5.06. The number of epoxide rings is 1. The number of aromatic nitrogens is 1. The Morgan fingerprint density at radius 2 is 1.82 bits per heavy atom. The summed E-state index contributed by atoms with van der Waals surface area (Å²) in [5.41, 5.74) is 0.354. The first kappa shape index (κ1) is 28.8. The quantitative estimate of drug-likeness (QED) is 0.100. The van der Waals surface area contributed by atoms with E-state index in [4.69, 9.17) is 14.2 Å². The number of rotatable bonds is 15. The number of halogens is 4. The smallest absolute Gasteiger partial charge is 0.303 e. The molecule has 2 aliphatic rings. The largest absolute Gasteiger partial charge is 0.491 e. The Morgan fingerprint density at radius 3 is 2.55 bits per heavy atom. The molecule has 4 unspecified atom stereocenters. The van der Waals surface area contributed by atoms with Crippen molar-refractivity contribution in [2.45, 2.75) is 108 Å². The third-order valence-electron chi connectivity index (χ3n) is 7.41. The summed E-state index contributed by atoms with van der Waals surface area (Å²) in [5.74, 6) is -4.14. The molecule has 1 aromatic carbocycles. The van der Waals surface area contributed by atoms with E-state index >= 15 is 8.78 Å². The lowest BCUT2D eigenvalue weighted by molar-refractivity contribution is -0.160. The molecule has 38 heavy (non-hydrogen) atoms. The monoisotopic (exact) mass is 537 g/mol. The standard InChI is InChI=1S/C30H39F4NO3/c1-3-5-7-8-9-22(31)18-37-27-16-13-21-17-24(35-29(32)28(21)30(27,33)34)20-11-14-23(15-12-20)36-19-26-25(38-26)10-6-4-2/h11-12,14-15,17,22,25-27H,3-10,13,16,18-19H2,1-2H3. The van der Waals surface area contributed by atoms with Gasteiger partial charge in [-0.25, -0.2) is 9.37 Å². The molecule has 1 aliphatic heterocycles. The highest BCUT2D eigenvalue weighted by Gasteiger charge is 2.49. The van der Waals surface area contributed by atoms with E-state index in [1.165, 1.54) is 6.07 Å². The van der Waals surface area contributed by atoms with Crippen LogP contribution >= 0.6 is 0 Å². The fourth-order valence-electron chi connectivity index (χ4n) is 5.06. The first-order valence-electron chi connectivity index (χ1n) is 14.1. The van der Waals surface area contributed by atoms with Gasteiger partial charge < -0.3 is 14.2 Å². The maximum Gasteiger partial charge on any atom is 0.303 e. The minimum Gasteiger partial charge on any atom is -0.491 e. The van der Waals surface area contributed by atoms with Gasteiger partial charge in [0.25, 0.3) is 0 Å². The molecule has 2 aromatic rings. The maximum atomic E-state index is 15.2. The van der Waals surface area contributed by atoms with Crippen molar-refractivity contribution in [1.29, 1.82) is 0 Å². The number of nitrogens with zero attached hydrogens (tertiary/aromatic N) is 1. The number of ether oxygens (including phenoxy) is 3. The Labute approximate surface area is 223 Å². The predicted octanol–water partition coefficient (Wildman–Crippen LogP) is 7.96. The van der Waals surface area contributed by atoms with Crippen LogP contribution in [0, 0.1) is 5.95 Å². The highest BCUT2D eigenvalue weighted by Crippen LogP contribution is 2.44. The fraction of sp³-hybridized carbons (Fsp3) is 0.633. The van der Waals surface area contributed by atoms with E-state index in [-0.39, 0.29) is 42.7 Å². The average Bonchev–Trinajstić information content (AvgIpc) is 3.66.